The molecule has 1 heterocycles. The van der Waals surface area contributed by atoms with Gasteiger partial charge in [-0.1, -0.05) is 0 Å². The zero-order valence-electron chi connectivity index (χ0n) is 9.78. The van der Waals surface area contributed by atoms with Crippen molar-refractivity contribution in [2.45, 2.75) is 19.3 Å². The second-order valence-electron chi connectivity index (χ2n) is 4.71. The smallest absolute Gasteiger partial charge is 0.317 e. The zero-order valence-corrected chi connectivity index (χ0v) is 9.78. The van der Waals surface area contributed by atoms with Crippen LogP contribution in [0.15, 0.2) is 0 Å². The molecule has 0 aliphatic carbocycles. The van der Waals surface area contributed by atoms with Crippen LogP contribution in [0.3, 0.4) is 0 Å². The molecule has 88 valence electrons. The molecule has 1 aliphatic rings. The van der Waals surface area contributed by atoms with Gasteiger partial charge in [-0.3, -0.25) is 9.69 Å². The number of nitrogens with zero attached hydrogens (tertiary/aromatic N) is 2. The van der Waals surface area contributed by atoms with Gasteiger partial charge in [0.1, 0.15) is 0 Å². The maximum absolute atomic E-state index is 10.5. The molecule has 0 aromatic rings. The fraction of sp³-hybridized carbons (Fsp3) is 0.909. The molecule has 0 bridgehead atoms. The molecule has 0 atom stereocenters. The van der Waals surface area contributed by atoms with Crippen LogP contribution in [0.2, 0.25) is 0 Å². The van der Waals surface area contributed by atoms with Crippen LogP contribution in [0.25, 0.3) is 0 Å². The van der Waals surface area contributed by atoms with E-state index in [4.69, 9.17) is 5.11 Å². The van der Waals surface area contributed by atoms with Gasteiger partial charge in [-0.05, 0) is 58.9 Å². The Hall–Kier alpha value is -0.610. The molecule has 1 saturated heterocycles. The zero-order chi connectivity index (χ0) is 11.3. The average molecular weight is 214 g/mol. The van der Waals surface area contributed by atoms with E-state index in [-0.39, 0.29) is 6.54 Å². The summed E-state index contributed by atoms with van der Waals surface area (Å²) in [6, 6.07) is 0. The van der Waals surface area contributed by atoms with Gasteiger partial charge in [0.25, 0.3) is 0 Å². The van der Waals surface area contributed by atoms with Crippen molar-refractivity contribution in [2.75, 3.05) is 40.3 Å². The minimum atomic E-state index is -0.707. The van der Waals surface area contributed by atoms with Crippen molar-refractivity contribution in [3.63, 3.8) is 0 Å². The summed E-state index contributed by atoms with van der Waals surface area (Å²) in [5, 5.41) is 8.66. The van der Waals surface area contributed by atoms with Gasteiger partial charge in [0.2, 0.25) is 0 Å². The Morgan fingerprint density at radius 2 is 2.00 bits per heavy atom. The van der Waals surface area contributed by atoms with E-state index in [9.17, 15) is 4.79 Å². The molecule has 0 amide bonds. The lowest BCUT2D eigenvalue weighted by Gasteiger charge is -2.31. The summed E-state index contributed by atoms with van der Waals surface area (Å²) in [4.78, 5) is 14.8. The topological polar surface area (TPSA) is 43.8 Å². The summed E-state index contributed by atoms with van der Waals surface area (Å²) in [5.74, 6) is 0.0826. The number of likely N-dealkylation sites (tertiary alicyclic amines) is 1. The second kappa shape index (κ2) is 6.08. The minimum absolute atomic E-state index is 0.209. The van der Waals surface area contributed by atoms with Crippen molar-refractivity contribution in [3.8, 4) is 0 Å². The fourth-order valence-electron chi connectivity index (χ4n) is 2.07. The molecule has 0 saturated carbocycles. The van der Waals surface area contributed by atoms with Crippen molar-refractivity contribution in [3.05, 3.63) is 0 Å². The van der Waals surface area contributed by atoms with Gasteiger partial charge in [0.05, 0.1) is 6.54 Å². The van der Waals surface area contributed by atoms with Crippen LogP contribution in [0, 0.1) is 5.92 Å². The Morgan fingerprint density at radius 1 is 1.40 bits per heavy atom. The Bertz CT molecular complexity index is 199. The molecule has 0 radical (unpaired) electrons. The normalized spacial score (nSPS) is 19.7. The minimum Gasteiger partial charge on any atom is -0.480 e. The fourth-order valence-corrected chi connectivity index (χ4v) is 2.07. The highest BCUT2D eigenvalue weighted by molar-refractivity contribution is 5.69. The number of aliphatic carboxylic acids is 1. The molecule has 1 fully saturated rings. The SMILES string of the molecule is CN(C)CCC1CCN(CC(=O)O)CC1. The average Bonchev–Trinajstić information content (AvgIpc) is 2.16. The maximum Gasteiger partial charge on any atom is 0.317 e. The van der Waals surface area contributed by atoms with Gasteiger partial charge >= 0.3 is 5.97 Å². The lowest BCUT2D eigenvalue weighted by Crippen LogP contribution is -2.37. The molecule has 0 aromatic heterocycles. The standard InChI is InChI=1S/C11H22N2O2/c1-12(2)6-3-10-4-7-13(8-5-10)9-11(14)15/h10H,3-9H2,1-2H3,(H,14,15). The molecule has 1 aliphatic heterocycles. The largest absolute Gasteiger partial charge is 0.480 e. The molecule has 0 aromatic carbocycles. The van der Waals surface area contributed by atoms with Crippen LogP contribution in [0.4, 0.5) is 0 Å². The van der Waals surface area contributed by atoms with Crippen molar-refractivity contribution in [2.24, 2.45) is 5.92 Å². The third kappa shape index (κ3) is 5.14. The highest BCUT2D eigenvalue weighted by Gasteiger charge is 2.20. The van der Waals surface area contributed by atoms with Crippen LogP contribution < -0.4 is 0 Å². The van der Waals surface area contributed by atoms with Crippen LogP contribution in [0.1, 0.15) is 19.3 Å². The quantitative estimate of drug-likeness (QED) is 0.733. The number of carboxylic acid groups (broad SMARTS) is 1. The van der Waals surface area contributed by atoms with Crippen molar-refractivity contribution < 1.29 is 9.90 Å². The van der Waals surface area contributed by atoms with Crippen molar-refractivity contribution in [1.29, 1.82) is 0 Å². The summed E-state index contributed by atoms with van der Waals surface area (Å²) in [7, 11) is 4.19. The van der Waals surface area contributed by atoms with E-state index >= 15 is 0 Å². The number of piperidine rings is 1. The molecule has 4 nitrogen and oxygen atoms in total. The predicted octanol–water partition coefficient (Wildman–Crippen LogP) is 0.735. The van der Waals surface area contributed by atoms with E-state index in [0.29, 0.717) is 0 Å². The van der Waals surface area contributed by atoms with E-state index in [1.165, 1.54) is 6.42 Å². The van der Waals surface area contributed by atoms with Gasteiger partial charge in [0, 0.05) is 0 Å². The molecule has 1 rings (SSSR count). The summed E-state index contributed by atoms with van der Waals surface area (Å²) in [6.07, 6.45) is 3.55. The summed E-state index contributed by atoms with van der Waals surface area (Å²) < 4.78 is 0. The lowest BCUT2D eigenvalue weighted by atomic mass is 9.93. The monoisotopic (exact) mass is 214 g/mol. The third-order valence-electron chi connectivity index (χ3n) is 3.05. The molecule has 4 heteroatoms. The molecule has 0 unspecified atom stereocenters. The van der Waals surface area contributed by atoms with E-state index in [1.54, 1.807) is 0 Å². The van der Waals surface area contributed by atoms with Crippen molar-refractivity contribution in [1.82, 2.24) is 9.80 Å². The Balaban J connectivity index is 2.15. The number of carbonyl (C=O) groups is 1. The molecule has 1 N–H and O–H groups in total. The first-order chi connectivity index (χ1) is 7.08. The van der Waals surface area contributed by atoms with E-state index < -0.39 is 5.97 Å². The summed E-state index contributed by atoms with van der Waals surface area (Å²) in [6.45, 7) is 3.25. The molecular weight excluding hydrogens is 192 g/mol. The molecule has 0 spiro atoms. The summed E-state index contributed by atoms with van der Waals surface area (Å²) >= 11 is 0. The van der Waals surface area contributed by atoms with Crippen molar-refractivity contribution >= 4 is 5.97 Å². The van der Waals surface area contributed by atoms with Crippen LogP contribution >= 0.6 is 0 Å². The maximum atomic E-state index is 10.5. The van der Waals surface area contributed by atoms with E-state index in [2.05, 4.69) is 19.0 Å². The number of rotatable bonds is 5. The highest BCUT2D eigenvalue weighted by Crippen LogP contribution is 2.20. The van der Waals surface area contributed by atoms with E-state index in [1.807, 2.05) is 4.90 Å². The molecular formula is C11H22N2O2. The number of hydrogen-bond donors (Lipinski definition) is 1. The second-order valence-corrected chi connectivity index (χ2v) is 4.71. The van der Waals surface area contributed by atoms with Gasteiger partial charge < -0.3 is 10.0 Å². The summed E-state index contributed by atoms with van der Waals surface area (Å²) in [5.41, 5.74) is 0. The molecule has 15 heavy (non-hydrogen) atoms. The first kappa shape index (κ1) is 12.5. The van der Waals surface area contributed by atoms with Crippen LogP contribution in [-0.2, 0) is 4.79 Å². The predicted molar refractivity (Wildman–Crippen MR) is 60.0 cm³/mol. The van der Waals surface area contributed by atoms with Crippen LogP contribution in [0.5, 0.6) is 0 Å². The number of carboxylic acids is 1. The first-order valence-corrected chi connectivity index (χ1v) is 5.67. The van der Waals surface area contributed by atoms with Gasteiger partial charge in [-0.15, -0.1) is 0 Å². The van der Waals surface area contributed by atoms with Crippen LogP contribution in [-0.4, -0.2) is 61.2 Å². The van der Waals surface area contributed by atoms with Gasteiger partial charge in [0.15, 0.2) is 0 Å². The highest BCUT2D eigenvalue weighted by atomic mass is 16.4. The first-order valence-electron chi connectivity index (χ1n) is 5.67. The lowest BCUT2D eigenvalue weighted by molar-refractivity contribution is -0.138. The Morgan fingerprint density at radius 3 is 2.47 bits per heavy atom. The van der Waals surface area contributed by atoms with Gasteiger partial charge in [-0.2, -0.15) is 0 Å². The Labute approximate surface area is 91.9 Å². The third-order valence-corrected chi connectivity index (χ3v) is 3.05. The number of hydrogen-bond acceptors (Lipinski definition) is 3. The van der Waals surface area contributed by atoms with Gasteiger partial charge in [-0.25, -0.2) is 0 Å². The van der Waals surface area contributed by atoms with E-state index in [0.717, 1.165) is 38.4 Å². The Kier molecular flexibility index (Phi) is 5.05.